The van der Waals surface area contributed by atoms with Crippen LogP contribution in [0.1, 0.15) is 53.4 Å². The molecule has 0 spiro atoms. The Morgan fingerprint density at radius 3 is 2.74 bits per heavy atom. The van der Waals surface area contributed by atoms with Crippen LogP contribution in [0.25, 0.3) is 5.65 Å². The second kappa shape index (κ2) is 8.98. The first kappa shape index (κ1) is 24.1. The second-order valence-electron chi connectivity index (χ2n) is 8.97. The number of carbonyl (C=O) groups is 1. The van der Waals surface area contributed by atoms with Gasteiger partial charge in [0, 0.05) is 42.9 Å². The third kappa shape index (κ3) is 4.41. The number of benzene rings is 1. The third-order valence-corrected chi connectivity index (χ3v) is 6.41. The van der Waals surface area contributed by atoms with Gasteiger partial charge in [0.1, 0.15) is 11.7 Å². The molecule has 0 aliphatic carbocycles. The number of pyridine rings is 1. The van der Waals surface area contributed by atoms with Crippen LogP contribution in [-0.4, -0.2) is 39.5 Å². The van der Waals surface area contributed by atoms with Crippen LogP contribution in [0.4, 0.5) is 20.3 Å². The highest BCUT2D eigenvalue weighted by molar-refractivity contribution is 5.94. The summed E-state index contributed by atoms with van der Waals surface area (Å²) in [6, 6.07) is 9.73. The zero-order valence-corrected chi connectivity index (χ0v) is 19.5. The first-order valence-electron chi connectivity index (χ1n) is 11.2. The molecule has 4 rings (SSSR count). The molecule has 1 unspecified atom stereocenters. The number of aromatic nitrogens is 2. The van der Waals surface area contributed by atoms with Crippen molar-refractivity contribution in [2.75, 3.05) is 23.3 Å². The minimum atomic E-state index is -2.83. The zero-order valence-electron chi connectivity index (χ0n) is 19.5. The van der Waals surface area contributed by atoms with Gasteiger partial charge in [0.25, 0.3) is 11.5 Å². The SMILES string of the molecule is Cc1cc([C@@H](C)Nc2ccccc2C(=O)O)c2nc(N3CCC(F)(F)C(C)C3)c(C#N)c(=O)n2c1. The average Bonchev–Trinajstić information content (AvgIpc) is 2.81. The number of anilines is 2. The molecule has 1 aliphatic heterocycles. The first-order chi connectivity index (χ1) is 16.5. The smallest absolute Gasteiger partial charge is 0.337 e. The second-order valence-corrected chi connectivity index (χ2v) is 8.97. The summed E-state index contributed by atoms with van der Waals surface area (Å²) in [7, 11) is 0. The fourth-order valence-electron chi connectivity index (χ4n) is 4.43. The van der Waals surface area contributed by atoms with E-state index >= 15 is 0 Å². The van der Waals surface area contributed by atoms with Crippen LogP contribution < -0.4 is 15.8 Å². The Bertz CT molecular complexity index is 1410. The van der Waals surface area contributed by atoms with E-state index in [-0.39, 0.29) is 35.7 Å². The van der Waals surface area contributed by atoms with Gasteiger partial charge in [0.2, 0.25) is 0 Å². The molecule has 10 heteroatoms. The molecule has 8 nitrogen and oxygen atoms in total. The molecule has 0 saturated carbocycles. The fraction of sp³-hybridized carbons (Fsp3) is 0.360. The first-order valence-corrected chi connectivity index (χ1v) is 11.2. The summed E-state index contributed by atoms with van der Waals surface area (Å²) in [5, 5.41) is 22.4. The van der Waals surface area contributed by atoms with Crippen LogP contribution in [0.15, 0.2) is 41.3 Å². The summed E-state index contributed by atoms with van der Waals surface area (Å²) in [4.78, 5) is 31.1. The lowest BCUT2D eigenvalue weighted by molar-refractivity contribution is -0.0652. The van der Waals surface area contributed by atoms with Gasteiger partial charge in [-0.3, -0.25) is 9.20 Å². The van der Waals surface area contributed by atoms with E-state index in [4.69, 9.17) is 0 Å². The number of piperidine rings is 1. The van der Waals surface area contributed by atoms with E-state index in [1.54, 1.807) is 43.1 Å². The molecule has 2 atom stereocenters. The Morgan fingerprint density at radius 2 is 2.09 bits per heavy atom. The number of hydrogen-bond acceptors (Lipinski definition) is 6. The molecule has 3 heterocycles. The zero-order chi connectivity index (χ0) is 25.5. The van der Waals surface area contributed by atoms with Crippen molar-refractivity contribution in [2.45, 2.75) is 39.2 Å². The van der Waals surface area contributed by atoms with Gasteiger partial charge >= 0.3 is 5.97 Å². The molecule has 1 fully saturated rings. The number of nitrogens with zero attached hydrogens (tertiary/aromatic N) is 4. The number of rotatable bonds is 5. The lowest BCUT2D eigenvalue weighted by Crippen LogP contribution is -2.47. The molecular weight excluding hydrogens is 456 g/mol. The predicted octanol–water partition coefficient (Wildman–Crippen LogP) is 4.23. The van der Waals surface area contributed by atoms with E-state index in [1.807, 2.05) is 12.1 Å². The monoisotopic (exact) mass is 481 g/mol. The maximum absolute atomic E-state index is 14.1. The van der Waals surface area contributed by atoms with E-state index in [0.29, 0.717) is 11.3 Å². The molecule has 0 radical (unpaired) electrons. The summed E-state index contributed by atoms with van der Waals surface area (Å²) >= 11 is 0. The largest absolute Gasteiger partial charge is 0.478 e. The number of aromatic carboxylic acids is 1. The van der Waals surface area contributed by atoms with Gasteiger partial charge < -0.3 is 15.3 Å². The van der Waals surface area contributed by atoms with Gasteiger partial charge in [-0.2, -0.15) is 5.26 Å². The van der Waals surface area contributed by atoms with Crippen LogP contribution in [0, 0.1) is 24.2 Å². The van der Waals surface area contributed by atoms with E-state index in [2.05, 4.69) is 10.3 Å². The van der Waals surface area contributed by atoms with Crippen LogP contribution in [0.3, 0.4) is 0 Å². The highest BCUT2D eigenvalue weighted by atomic mass is 19.3. The Balaban J connectivity index is 1.84. The number of nitriles is 1. The molecule has 2 N–H and O–H groups in total. The molecular formula is C25H25F2N5O3. The topological polar surface area (TPSA) is 111 Å². The van der Waals surface area contributed by atoms with Gasteiger partial charge in [-0.15, -0.1) is 0 Å². The summed E-state index contributed by atoms with van der Waals surface area (Å²) < 4.78 is 29.5. The van der Waals surface area contributed by atoms with E-state index in [0.717, 1.165) is 5.56 Å². The van der Waals surface area contributed by atoms with Crippen molar-refractivity contribution >= 4 is 23.1 Å². The van der Waals surface area contributed by atoms with Gasteiger partial charge in [-0.05, 0) is 37.6 Å². The van der Waals surface area contributed by atoms with Crippen molar-refractivity contribution in [3.8, 4) is 6.07 Å². The number of halogens is 2. The molecule has 2 aromatic heterocycles. The van der Waals surface area contributed by atoms with Crippen LogP contribution >= 0.6 is 0 Å². The van der Waals surface area contributed by atoms with Gasteiger partial charge in [-0.1, -0.05) is 19.1 Å². The minimum Gasteiger partial charge on any atom is -0.478 e. The molecule has 1 aromatic carbocycles. The maximum Gasteiger partial charge on any atom is 0.337 e. The van der Waals surface area contributed by atoms with Gasteiger partial charge in [0.15, 0.2) is 11.4 Å². The molecule has 0 amide bonds. The normalized spacial score (nSPS) is 18.2. The highest BCUT2D eigenvalue weighted by Gasteiger charge is 2.42. The quantitative estimate of drug-likeness (QED) is 0.561. The number of fused-ring (bicyclic) bond motifs is 1. The Hall–Kier alpha value is -4.00. The lowest BCUT2D eigenvalue weighted by Gasteiger charge is -2.37. The van der Waals surface area contributed by atoms with E-state index in [1.165, 1.54) is 17.4 Å². The summed E-state index contributed by atoms with van der Waals surface area (Å²) in [6.07, 6.45) is 1.18. The van der Waals surface area contributed by atoms with Crippen LogP contribution in [-0.2, 0) is 0 Å². The van der Waals surface area contributed by atoms with Crippen LogP contribution in [0.5, 0.6) is 0 Å². The van der Waals surface area contributed by atoms with Crippen LogP contribution in [0.2, 0.25) is 0 Å². The Morgan fingerprint density at radius 1 is 1.37 bits per heavy atom. The molecule has 182 valence electrons. The van der Waals surface area contributed by atoms with Crippen molar-refractivity contribution in [1.82, 2.24) is 9.38 Å². The molecule has 0 bridgehead atoms. The van der Waals surface area contributed by atoms with Crippen molar-refractivity contribution in [3.05, 3.63) is 69.1 Å². The van der Waals surface area contributed by atoms with E-state index < -0.39 is 35.8 Å². The molecule has 1 aliphatic rings. The fourth-order valence-corrected chi connectivity index (χ4v) is 4.43. The number of para-hydroxylation sites is 1. The minimum absolute atomic E-state index is 0.0321. The number of carboxylic acids is 1. The highest BCUT2D eigenvalue weighted by Crippen LogP contribution is 2.35. The maximum atomic E-state index is 14.1. The Kier molecular flexibility index (Phi) is 6.19. The number of aryl methyl sites for hydroxylation is 1. The van der Waals surface area contributed by atoms with Gasteiger partial charge in [-0.25, -0.2) is 18.6 Å². The number of carboxylic acid groups (broad SMARTS) is 1. The average molecular weight is 482 g/mol. The Labute approximate surface area is 200 Å². The van der Waals surface area contributed by atoms with Crippen molar-refractivity contribution in [3.63, 3.8) is 0 Å². The number of nitrogens with one attached hydrogen (secondary N) is 1. The summed E-state index contributed by atoms with van der Waals surface area (Å²) in [6.45, 7) is 4.97. The molecule has 35 heavy (non-hydrogen) atoms. The predicted molar refractivity (Wildman–Crippen MR) is 127 cm³/mol. The third-order valence-electron chi connectivity index (χ3n) is 6.41. The van der Waals surface area contributed by atoms with Gasteiger partial charge in [0.05, 0.1) is 11.6 Å². The number of hydrogen-bond donors (Lipinski definition) is 2. The molecule has 3 aromatic rings. The van der Waals surface area contributed by atoms with Crippen molar-refractivity contribution in [1.29, 1.82) is 5.26 Å². The summed E-state index contributed by atoms with van der Waals surface area (Å²) in [5.74, 6) is -4.79. The van der Waals surface area contributed by atoms with Crippen molar-refractivity contribution < 1.29 is 18.7 Å². The molecule has 1 saturated heterocycles. The standard InChI is InChI=1S/C25H25F2N5O3/c1-14-10-18(16(3)29-20-7-5-4-6-17(20)24(34)35)22-30-21(19(11-28)23(33)32(22)12-14)31-9-8-25(26,27)15(2)13-31/h4-7,10,12,15-16,29H,8-9,13H2,1-3H3,(H,34,35)/t15?,16-/m1/s1. The van der Waals surface area contributed by atoms with Crippen molar-refractivity contribution in [2.24, 2.45) is 5.92 Å². The lowest BCUT2D eigenvalue weighted by atomic mass is 9.95. The van der Waals surface area contributed by atoms with E-state index in [9.17, 15) is 28.7 Å². The number of alkyl halides is 2. The summed E-state index contributed by atoms with van der Waals surface area (Å²) in [5.41, 5.74) is 1.32.